The minimum absolute atomic E-state index is 0. The Balaban J connectivity index is -0.000000366. The van der Waals surface area contributed by atoms with Crippen molar-refractivity contribution in [1.29, 1.82) is 0 Å². The van der Waals surface area contributed by atoms with Crippen LogP contribution in [0, 0.1) is 0 Å². The van der Waals surface area contributed by atoms with Gasteiger partial charge in [0.05, 0.1) is 27.2 Å². The van der Waals surface area contributed by atoms with Crippen molar-refractivity contribution in [3.8, 4) is 0 Å². The third-order valence-corrected chi connectivity index (χ3v) is 3.17. The molecule has 0 aromatic heterocycles. The van der Waals surface area contributed by atoms with Gasteiger partial charge in [-0.05, 0) is 25.8 Å². The van der Waals surface area contributed by atoms with E-state index in [0.717, 1.165) is 6.08 Å². The highest BCUT2D eigenvalue weighted by molar-refractivity contribution is 5.84. The molecular formula is C15H33ClN2O. The van der Waals surface area contributed by atoms with E-state index in [0.29, 0.717) is 0 Å². The number of carbonyl (C=O) groups excluding carboxylic acids is 1. The summed E-state index contributed by atoms with van der Waals surface area (Å²) in [4.78, 5) is 9.47. The Morgan fingerprint density at radius 1 is 1.11 bits per heavy atom. The molecule has 2 N–H and O–H groups in total. The number of quaternary nitrogens is 1. The summed E-state index contributed by atoms with van der Waals surface area (Å²) in [6.07, 6.45) is 9.56. The van der Waals surface area contributed by atoms with Gasteiger partial charge in [0.25, 0.3) is 0 Å². The number of hydrogen-bond acceptors (Lipinski definition) is 1. The highest BCUT2D eigenvalue weighted by atomic mass is 35.5. The standard InChI is InChI=1S/C12H28N.C3H5NO.ClH/c1-5-7-8-9-10-11-12-13(3,4)6-2;1-2-3(4)5;/h5-12H2,1-4H3;2H,1H2,(H2,4,5);1H/q+1;;/p-1. The fraction of sp³-hybridized carbons (Fsp3) is 0.800. The molecule has 0 aromatic carbocycles. The van der Waals surface area contributed by atoms with E-state index in [1.54, 1.807) is 0 Å². The van der Waals surface area contributed by atoms with Crippen LogP contribution in [0.3, 0.4) is 0 Å². The van der Waals surface area contributed by atoms with E-state index < -0.39 is 5.91 Å². The normalized spacial score (nSPS) is 9.89. The van der Waals surface area contributed by atoms with Crippen molar-refractivity contribution >= 4 is 5.91 Å². The van der Waals surface area contributed by atoms with Crippen molar-refractivity contribution in [3.63, 3.8) is 0 Å². The van der Waals surface area contributed by atoms with E-state index in [2.05, 4.69) is 40.3 Å². The number of primary amides is 1. The molecule has 19 heavy (non-hydrogen) atoms. The van der Waals surface area contributed by atoms with Gasteiger partial charge in [0.1, 0.15) is 0 Å². The van der Waals surface area contributed by atoms with Crippen LogP contribution >= 0.6 is 0 Å². The Labute approximate surface area is 126 Å². The zero-order valence-corrected chi connectivity index (χ0v) is 14.0. The van der Waals surface area contributed by atoms with Gasteiger partial charge >= 0.3 is 0 Å². The molecule has 0 spiro atoms. The van der Waals surface area contributed by atoms with Crippen LogP contribution in [0.25, 0.3) is 0 Å². The van der Waals surface area contributed by atoms with Crippen LogP contribution in [0.5, 0.6) is 0 Å². The summed E-state index contributed by atoms with van der Waals surface area (Å²) >= 11 is 0. The van der Waals surface area contributed by atoms with E-state index in [-0.39, 0.29) is 12.4 Å². The van der Waals surface area contributed by atoms with Gasteiger partial charge in [-0.15, -0.1) is 0 Å². The summed E-state index contributed by atoms with van der Waals surface area (Å²) in [6, 6.07) is 0. The van der Waals surface area contributed by atoms with Crippen molar-refractivity contribution in [2.24, 2.45) is 5.73 Å². The second-order valence-corrected chi connectivity index (χ2v) is 5.35. The fourth-order valence-corrected chi connectivity index (χ4v) is 1.48. The van der Waals surface area contributed by atoms with Gasteiger partial charge in [-0.25, -0.2) is 0 Å². The average Bonchev–Trinajstić information content (AvgIpc) is 2.34. The summed E-state index contributed by atoms with van der Waals surface area (Å²) in [7, 11) is 4.65. The molecule has 116 valence electrons. The number of halogens is 1. The molecule has 1 amide bonds. The Kier molecular flexibility index (Phi) is 19.2. The molecule has 4 heteroatoms. The molecule has 0 radical (unpaired) electrons. The predicted molar refractivity (Wildman–Crippen MR) is 80.3 cm³/mol. The maximum absolute atomic E-state index is 9.47. The molecule has 0 bridgehead atoms. The SMILES string of the molecule is C=CC(N)=O.CCCCCCCC[N+](C)(C)CC.[Cl-]. The fourth-order valence-electron chi connectivity index (χ4n) is 1.48. The third-order valence-electron chi connectivity index (χ3n) is 3.17. The van der Waals surface area contributed by atoms with Gasteiger partial charge in [0.2, 0.25) is 5.91 Å². The predicted octanol–water partition coefficient (Wildman–Crippen LogP) is 0.105. The molecule has 0 aliphatic carbocycles. The first-order chi connectivity index (χ1) is 8.39. The van der Waals surface area contributed by atoms with Crippen molar-refractivity contribution in [2.75, 3.05) is 27.2 Å². The van der Waals surface area contributed by atoms with Gasteiger partial charge in [0, 0.05) is 0 Å². The van der Waals surface area contributed by atoms with E-state index in [1.807, 2.05) is 0 Å². The van der Waals surface area contributed by atoms with E-state index in [1.165, 1.54) is 56.1 Å². The van der Waals surface area contributed by atoms with Crippen molar-refractivity contribution in [1.82, 2.24) is 0 Å². The van der Waals surface area contributed by atoms with Crippen LogP contribution in [0.1, 0.15) is 52.4 Å². The minimum atomic E-state index is -0.481. The summed E-state index contributed by atoms with van der Waals surface area (Å²) in [5, 5.41) is 0. The molecule has 0 saturated carbocycles. The lowest BCUT2D eigenvalue weighted by Gasteiger charge is -2.28. The number of rotatable bonds is 9. The topological polar surface area (TPSA) is 43.1 Å². The Bertz CT molecular complexity index is 218. The second kappa shape index (κ2) is 15.5. The van der Waals surface area contributed by atoms with Crippen LogP contribution in [-0.4, -0.2) is 37.6 Å². The number of carbonyl (C=O) groups is 1. The van der Waals surface area contributed by atoms with Crippen molar-refractivity contribution < 1.29 is 21.7 Å². The first-order valence-electron chi connectivity index (χ1n) is 7.13. The van der Waals surface area contributed by atoms with Gasteiger partial charge in [0.15, 0.2) is 0 Å². The van der Waals surface area contributed by atoms with Gasteiger partial charge in [-0.2, -0.15) is 0 Å². The molecule has 0 rings (SSSR count). The molecule has 0 heterocycles. The number of amides is 1. The van der Waals surface area contributed by atoms with Crippen molar-refractivity contribution in [2.45, 2.75) is 52.4 Å². The smallest absolute Gasteiger partial charge is 0.240 e. The molecule has 0 aliphatic rings. The lowest BCUT2D eigenvalue weighted by atomic mass is 10.1. The Morgan fingerprint density at radius 2 is 1.53 bits per heavy atom. The monoisotopic (exact) mass is 292 g/mol. The highest BCUT2D eigenvalue weighted by Crippen LogP contribution is 2.07. The maximum atomic E-state index is 9.47. The third kappa shape index (κ3) is 23.0. The number of hydrogen-bond donors (Lipinski definition) is 1. The molecule has 0 atom stereocenters. The quantitative estimate of drug-likeness (QED) is 0.366. The zero-order chi connectivity index (χ0) is 14.4. The number of nitrogens with two attached hydrogens (primary N) is 1. The highest BCUT2D eigenvalue weighted by Gasteiger charge is 2.09. The first kappa shape index (κ1) is 23.5. The van der Waals surface area contributed by atoms with E-state index in [9.17, 15) is 4.79 Å². The van der Waals surface area contributed by atoms with E-state index >= 15 is 0 Å². The number of unbranched alkanes of at least 4 members (excludes halogenated alkanes) is 5. The second-order valence-electron chi connectivity index (χ2n) is 5.35. The summed E-state index contributed by atoms with van der Waals surface area (Å²) < 4.78 is 1.19. The summed E-state index contributed by atoms with van der Waals surface area (Å²) in [5.41, 5.74) is 4.53. The largest absolute Gasteiger partial charge is 1.00 e. The molecule has 0 aromatic rings. The molecule has 0 fully saturated rings. The molecule has 3 nitrogen and oxygen atoms in total. The summed E-state index contributed by atoms with van der Waals surface area (Å²) in [6.45, 7) is 10.2. The lowest BCUT2D eigenvalue weighted by Crippen LogP contribution is -3.00. The Morgan fingerprint density at radius 3 is 1.89 bits per heavy atom. The summed E-state index contributed by atoms with van der Waals surface area (Å²) in [5.74, 6) is -0.481. The van der Waals surface area contributed by atoms with Crippen LogP contribution in [0.4, 0.5) is 0 Å². The average molecular weight is 293 g/mol. The van der Waals surface area contributed by atoms with Crippen LogP contribution in [-0.2, 0) is 4.79 Å². The van der Waals surface area contributed by atoms with Crippen LogP contribution in [0.15, 0.2) is 12.7 Å². The van der Waals surface area contributed by atoms with Gasteiger partial charge in [-0.3, -0.25) is 4.79 Å². The van der Waals surface area contributed by atoms with Crippen LogP contribution < -0.4 is 18.1 Å². The van der Waals surface area contributed by atoms with E-state index in [4.69, 9.17) is 0 Å². The maximum Gasteiger partial charge on any atom is 0.240 e. The van der Waals surface area contributed by atoms with Gasteiger partial charge < -0.3 is 22.6 Å². The number of nitrogens with zero attached hydrogens (tertiary/aromatic N) is 1. The minimum Gasteiger partial charge on any atom is -1.00 e. The Hall–Kier alpha value is -0.540. The molecule has 0 unspecified atom stereocenters. The van der Waals surface area contributed by atoms with Crippen LogP contribution in [0.2, 0.25) is 0 Å². The molecule has 0 saturated heterocycles. The molecule has 0 aliphatic heterocycles. The first-order valence-corrected chi connectivity index (χ1v) is 7.13. The van der Waals surface area contributed by atoms with Gasteiger partial charge in [-0.1, -0.05) is 39.2 Å². The molecular weight excluding hydrogens is 260 g/mol. The van der Waals surface area contributed by atoms with Crippen molar-refractivity contribution in [3.05, 3.63) is 12.7 Å². The lowest BCUT2D eigenvalue weighted by molar-refractivity contribution is -0.888. The zero-order valence-electron chi connectivity index (χ0n) is 13.3.